The SMILES string of the molecule is CCCCc1ccc(NC(=O)CN2C(=O)C(C)(C)Oc3ccc(C(=O)O)cc32)cc1. The summed E-state index contributed by atoms with van der Waals surface area (Å²) < 4.78 is 5.73. The minimum absolute atomic E-state index is 0.0120. The summed E-state index contributed by atoms with van der Waals surface area (Å²) in [5, 5.41) is 12.1. The van der Waals surface area contributed by atoms with Gasteiger partial charge in [0.1, 0.15) is 12.3 Å². The van der Waals surface area contributed by atoms with Gasteiger partial charge in [0, 0.05) is 5.69 Å². The quantitative estimate of drug-likeness (QED) is 0.722. The molecule has 0 bridgehead atoms. The number of carbonyl (C=O) groups excluding carboxylic acids is 2. The Morgan fingerprint density at radius 1 is 1.13 bits per heavy atom. The standard InChI is InChI=1S/C23H26N2O5/c1-4-5-6-15-7-10-17(11-8-15)24-20(26)14-25-18-13-16(21(27)28)9-12-19(18)30-23(2,3)22(25)29/h7-13H,4-6,14H2,1-3H3,(H,24,26)(H,27,28). The van der Waals surface area contributed by atoms with E-state index in [1.165, 1.54) is 28.7 Å². The van der Waals surface area contributed by atoms with Crippen molar-refractivity contribution in [2.24, 2.45) is 0 Å². The molecule has 0 spiro atoms. The van der Waals surface area contributed by atoms with Gasteiger partial charge in [-0.1, -0.05) is 25.5 Å². The summed E-state index contributed by atoms with van der Waals surface area (Å²) in [7, 11) is 0. The molecule has 0 radical (unpaired) electrons. The van der Waals surface area contributed by atoms with E-state index in [-0.39, 0.29) is 23.7 Å². The van der Waals surface area contributed by atoms with Gasteiger partial charge < -0.3 is 15.2 Å². The first-order valence-electron chi connectivity index (χ1n) is 9.98. The van der Waals surface area contributed by atoms with E-state index in [0.717, 1.165) is 19.3 Å². The predicted octanol–water partition coefficient (Wildman–Crippen LogP) is 3.87. The van der Waals surface area contributed by atoms with Crippen molar-refractivity contribution >= 4 is 29.2 Å². The maximum Gasteiger partial charge on any atom is 0.335 e. The number of carboxylic acid groups (broad SMARTS) is 1. The van der Waals surface area contributed by atoms with Crippen LogP contribution in [0.2, 0.25) is 0 Å². The number of carbonyl (C=O) groups is 3. The van der Waals surface area contributed by atoms with Gasteiger partial charge in [0.05, 0.1) is 11.3 Å². The van der Waals surface area contributed by atoms with Crippen LogP contribution in [-0.4, -0.2) is 35.0 Å². The Labute approximate surface area is 175 Å². The van der Waals surface area contributed by atoms with E-state index in [9.17, 15) is 19.5 Å². The molecule has 3 rings (SSSR count). The Kier molecular flexibility index (Phi) is 6.10. The fourth-order valence-electron chi connectivity index (χ4n) is 3.34. The molecule has 7 heteroatoms. The summed E-state index contributed by atoms with van der Waals surface area (Å²) in [6.07, 6.45) is 3.22. The van der Waals surface area contributed by atoms with E-state index in [0.29, 0.717) is 11.4 Å². The molecule has 2 aromatic rings. The number of amides is 2. The first-order chi connectivity index (χ1) is 14.2. The van der Waals surface area contributed by atoms with Crippen molar-refractivity contribution in [1.82, 2.24) is 0 Å². The maximum absolute atomic E-state index is 12.9. The number of fused-ring (bicyclic) bond motifs is 1. The Morgan fingerprint density at radius 2 is 1.83 bits per heavy atom. The lowest BCUT2D eigenvalue weighted by Gasteiger charge is -2.38. The highest BCUT2D eigenvalue weighted by molar-refractivity contribution is 6.08. The van der Waals surface area contributed by atoms with Crippen molar-refractivity contribution in [2.45, 2.75) is 45.6 Å². The van der Waals surface area contributed by atoms with Crippen LogP contribution < -0.4 is 15.0 Å². The van der Waals surface area contributed by atoms with E-state index < -0.39 is 17.5 Å². The Hall–Kier alpha value is -3.35. The zero-order chi connectivity index (χ0) is 21.9. The average Bonchev–Trinajstić information content (AvgIpc) is 2.70. The molecule has 1 aliphatic rings. The van der Waals surface area contributed by atoms with Gasteiger partial charge in [-0.3, -0.25) is 14.5 Å². The number of nitrogens with one attached hydrogen (secondary N) is 1. The summed E-state index contributed by atoms with van der Waals surface area (Å²) in [6, 6.07) is 11.9. The lowest BCUT2D eigenvalue weighted by molar-refractivity contribution is -0.133. The molecule has 158 valence electrons. The lowest BCUT2D eigenvalue weighted by atomic mass is 10.0. The lowest BCUT2D eigenvalue weighted by Crippen LogP contribution is -2.54. The molecule has 0 aliphatic carbocycles. The minimum Gasteiger partial charge on any atom is -0.478 e. The van der Waals surface area contributed by atoms with Crippen LogP contribution >= 0.6 is 0 Å². The van der Waals surface area contributed by atoms with E-state index in [4.69, 9.17) is 4.74 Å². The molecule has 0 unspecified atom stereocenters. The van der Waals surface area contributed by atoms with Crippen molar-refractivity contribution in [3.8, 4) is 5.75 Å². The third kappa shape index (κ3) is 4.62. The Morgan fingerprint density at radius 3 is 2.47 bits per heavy atom. The first-order valence-corrected chi connectivity index (χ1v) is 9.98. The number of hydrogen-bond acceptors (Lipinski definition) is 4. The molecule has 1 aliphatic heterocycles. The van der Waals surface area contributed by atoms with Crippen LogP contribution in [-0.2, 0) is 16.0 Å². The number of ether oxygens (including phenoxy) is 1. The molecular weight excluding hydrogens is 384 g/mol. The summed E-state index contributed by atoms with van der Waals surface area (Å²) in [5.74, 6) is -1.56. The second kappa shape index (κ2) is 8.57. The number of benzene rings is 2. The molecule has 2 N–H and O–H groups in total. The summed E-state index contributed by atoms with van der Waals surface area (Å²) in [4.78, 5) is 38.2. The highest BCUT2D eigenvalue weighted by Crippen LogP contribution is 2.38. The topological polar surface area (TPSA) is 95.9 Å². The van der Waals surface area contributed by atoms with Gasteiger partial charge in [0.15, 0.2) is 5.60 Å². The van der Waals surface area contributed by atoms with Crippen molar-refractivity contribution in [2.75, 3.05) is 16.8 Å². The molecule has 7 nitrogen and oxygen atoms in total. The molecule has 0 saturated heterocycles. The molecule has 2 aromatic carbocycles. The molecule has 0 fully saturated rings. The molecule has 1 heterocycles. The largest absolute Gasteiger partial charge is 0.478 e. The number of aryl methyl sites for hydroxylation is 1. The van der Waals surface area contributed by atoms with E-state index in [1.807, 2.05) is 24.3 Å². The number of unbranched alkanes of at least 4 members (excludes halogenated alkanes) is 1. The van der Waals surface area contributed by atoms with Crippen LogP contribution in [0.25, 0.3) is 0 Å². The zero-order valence-electron chi connectivity index (χ0n) is 17.4. The van der Waals surface area contributed by atoms with Crippen LogP contribution in [0.5, 0.6) is 5.75 Å². The van der Waals surface area contributed by atoms with Gasteiger partial charge >= 0.3 is 5.97 Å². The number of hydrogen-bond donors (Lipinski definition) is 2. The Bertz CT molecular complexity index is 966. The van der Waals surface area contributed by atoms with Crippen molar-refractivity contribution in [1.29, 1.82) is 0 Å². The van der Waals surface area contributed by atoms with Crippen molar-refractivity contribution in [3.05, 3.63) is 53.6 Å². The third-order valence-electron chi connectivity index (χ3n) is 4.98. The number of aromatic carboxylic acids is 1. The van der Waals surface area contributed by atoms with Crippen LogP contribution in [0, 0.1) is 0 Å². The molecule has 0 aromatic heterocycles. The molecular formula is C23H26N2O5. The number of nitrogens with zero attached hydrogens (tertiary/aromatic N) is 1. The average molecular weight is 410 g/mol. The number of anilines is 2. The normalized spacial score (nSPS) is 14.6. The summed E-state index contributed by atoms with van der Waals surface area (Å²) >= 11 is 0. The van der Waals surface area contributed by atoms with Gasteiger partial charge in [-0.05, 0) is 62.6 Å². The van der Waals surface area contributed by atoms with E-state index in [2.05, 4.69) is 12.2 Å². The second-order valence-electron chi connectivity index (χ2n) is 7.84. The van der Waals surface area contributed by atoms with Crippen molar-refractivity contribution < 1.29 is 24.2 Å². The maximum atomic E-state index is 12.9. The fourth-order valence-corrected chi connectivity index (χ4v) is 3.34. The van der Waals surface area contributed by atoms with Crippen LogP contribution in [0.4, 0.5) is 11.4 Å². The molecule has 2 amide bonds. The fraction of sp³-hybridized carbons (Fsp3) is 0.348. The second-order valence-corrected chi connectivity index (χ2v) is 7.84. The minimum atomic E-state index is -1.17. The predicted molar refractivity (Wildman–Crippen MR) is 114 cm³/mol. The molecule has 0 atom stereocenters. The summed E-state index contributed by atoms with van der Waals surface area (Å²) in [6.45, 7) is 5.12. The smallest absolute Gasteiger partial charge is 0.335 e. The van der Waals surface area contributed by atoms with Crippen LogP contribution in [0.15, 0.2) is 42.5 Å². The number of rotatable bonds is 7. The van der Waals surface area contributed by atoms with Gasteiger partial charge in [-0.25, -0.2) is 4.79 Å². The van der Waals surface area contributed by atoms with Crippen LogP contribution in [0.3, 0.4) is 0 Å². The highest BCUT2D eigenvalue weighted by Gasteiger charge is 2.41. The van der Waals surface area contributed by atoms with E-state index in [1.54, 1.807) is 13.8 Å². The Balaban J connectivity index is 1.79. The zero-order valence-corrected chi connectivity index (χ0v) is 17.4. The van der Waals surface area contributed by atoms with E-state index >= 15 is 0 Å². The van der Waals surface area contributed by atoms with Gasteiger partial charge in [-0.15, -0.1) is 0 Å². The van der Waals surface area contributed by atoms with Gasteiger partial charge in [-0.2, -0.15) is 0 Å². The monoisotopic (exact) mass is 410 g/mol. The van der Waals surface area contributed by atoms with Gasteiger partial charge in [0.2, 0.25) is 5.91 Å². The number of carboxylic acids is 1. The molecule has 30 heavy (non-hydrogen) atoms. The van der Waals surface area contributed by atoms with Gasteiger partial charge in [0.25, 0.3) is 5.91 Å². The highest BCUT2D eigenvalue weighted by atomic mass is 16.5. The summed E-state index contributed by atoms with van der Waals surface area (Å²) in [5.41, 5.74) is 0.955. The van der Waals surface area contributed by atoms with Crippen molar-refractivity contribution in [3.63, 3.8) is 0 Å². The third-order valence-corrected chi connectivity index (χ3v) is 4.98. The molecule has 0 saturated carbocycles. The first kappa shape index (κ1) is 21.4. The van der Waals surface area contributed by atoms with Crippen LogP contribution in [0.1, 0.15) is 49.5 Å².